The van der Waals surface area contributed by atoms with Crippen LogP contribution in [0.25, 0.3) is 17.1 Å². The van der Waals surface area contributed by atoms with Crippen molar-refractivity contribution in [3.8, 4) is 11.5 Å². The van der Waals surface area contributed by atoms with Crippen LogP contribution in [0.2, 0.25) is 0 Å². The Morgan fingerprint density at radius 1 is 1.17 bits per heavy atom. The molecule has 11 heteroatoms. The lowest BCUT2D eigenvalue weighted by molar-refractivity contribution is -0.142. The highest BCUT2D eigenvalue weighted by atomic mass is 19.4. The van der Waals surface area contributed by atoms with Crippen LogP contribution in [0.3, 0.4) is 0 Å². The number of hydrogen-bond donors (Lipinski definition) is 0. The molecule has 0 saturated carbocycles. The summed E-state index contributed by atoms with van der Waals surface area (Å²) in [6.07, 6.45) is -1.28. The quantitative estimate of drug-likeness (QED) is 0.522. The molecular weight excluding hydrogens is 387 g/mol. The van der Waals surface area contributed by atoms with Gasteiger partial charge in [-0.25, -0.2) is 9.50 Å². The Bertz CT molecular complexity index is 1230. The first-order valence-electron chi connectivity index (χ1n) is 9.12. The van der Waals surface area contributed by atoms with E-state index >= 15 is 0 Å². The van der Waals surface area contributed by atoms with Gasteiger partial charge in [0.05, 0.1) is 6.20 Å². The highest BCUT2D eigenvalue weighted by Crippen LogP contribution is 2.36. The molecular formula is C18H16F3N7O. The monoisotopic (exact) mass is 403 g/mol. The van der Waals surface area contributed by atoms with Crippen molar-refractivity contribution in [3.63, 3.8) is 0 Å². The van der Waals surface area contributed by atoms with Gasteiger partial charge >= 0.3 is 6.18 Å². The molecule has 1 aliphatic carbocycles. The van der Waals surface area contributed by atoms with Gasteiger partial charge in [-0.05, 0) is 39.2 Å². The molecule has 0 spiro atoms. The minimum atomic E-state index is -4.47. The molecule has 0 bridgehead atoms. The molecule has 4 heterocycles. The second kappa shape index (κ2) is 6.13. The lowest BCUT2D eigenvalue weighted by atomic mass is 10.2. The maximum absolute atomic E-state index is 13.3. The zero-order valence-electron chi connectivity index (χ0n) is 15.7. The number of alkyl halides is 3. The normalized spacial score (nSPS) is 14.1. The number of aryl methyl sites for hydroxylation is 2. The van der Waals surface area contributed by atoms with Crippen molar-refractivity contribution in [2.24, 2.45) is 0 Å². The van der Waals surface area contributed by atoms with E-state index in [1.165, 1.54) is 4.68 Å². The number of halogens is 3. The summed E-state index contributed by atoms with van der Waals surface area (Å²) in [7, 11) is 0. The fraction of sp³-hybridized carbons (Fsp3) is 0.389. The summed E-state index contributed by atoms with van der Waals surface area (Å²) < 4.78 is 48.5. The van der Waals surface area contributed by atoms with Crippen molar-refractivity contribution in [1.82, 2.24) is 34.6 Å². The summed E-state index contributed by atoms with van der Waals surface area (Å²) >= 11 is 0. The van der Waals surface area contributed by atoms with Gasteiger partial charge in [-0.15, -0.1) is 10.2 Å². The molecule has 1 aliphatic rings. The van der Waals surface area contributed by atoms with Crippen molar-refractivity contribution in [2.75, 3.05) is 0 Å². The third kappa shape index (κ3) is 2.88. The summed E-state index contributed by atoms with van der Waals surface area (Å²) in [5.41, 5.74) is 2.92. The minimum absolute atomic E-state index is 0.0177. The molecule has 5 rings (SSSR count). The van der Waals surface area contributed by atoms with Crippen LogP contribution in [-0.4, -0.2) is 34.6 Å². The topological polar surface area (TPSA) is 86.9 Å². The maximum Gasteiger partial charge on any atom is 0.435 e. The van der Waals surface area contributed by atoms with Crippen LogP contribution < -0.4 is 0 Å². The predicted molar refractivity (Wildman–Crippen MR) is 94.1 cm³/mol. The van der Waals surface area contributed by atoms with Crippen LogP contribution in [0.4, 0.5) is 13.2 Å². The number of aromatic nitrogens is 7. The number of nitrogens with zero attached hydrogens (tertiary/aromatic N) is 7. The van der Waals surface area contributed by atoms with Crippen molar-refractivity contribution in [2.45, 2.75) is 45.8 Å². The summed E-state index contributed by atoms with van der Waals surface area (Å²) in [6, 6.07) is 1.90. The van der Waals surface area contributed by atoms with Crippen LogP contribution >= 0.6 is 0 Å². The Kier molecular flexibility index (Phi) is 3.77. The van der Waals surface area contributed by atoms with E-state index < -0.39 is 11.9 Å². The van der Waals surface area contributed by atoms with E-state index in [4.69, 9.17) is 4.42 Å². The summed E-state index contributed by atoms with van der Waals surface area (Å²) in [5.74, 6) is 0.391. The predicted octanol–water partition coefficient (Wildman–Crippen LogP) is 3.15. The van der Waals surface area contributed by atoms with Crippen molar-refractivity contribution in [1.29, 1.82) is 0 Å². The van der Waals surface area contributed by atoms with Crippen LogP contribution in [0, 0.1) is 13.8 Å². The molecule has 0 aliphatic heterocycles. The third-order valence-electron chi connectivity index (χ3n) is 5.04. The first kappa shape index (κ1) is 17.8. The van der Waals surface area contributed by atoms with E-state index in [-0.39, 0.29) is 23.9 Å². The molecule has 0 N–H and O–H groups in total. The molecule has 0 amide bonds. The van der Waals surface area contributed by atoms with Gasteiger partial charge in [-0.3, -0.25) is 4.68 Å². The standard InChI is InChI=1S/C18H16F3N7O/c1-9-6-10(2)28-16(23-9)12(7-22-28)17-25-24-14(29-17)8-27-13-5-3-4-11(13)15(26-27)18(19,20)21/h6-7H,3-5,8H2,1-2H3. The lowest BCUT2D eigenvalue weighted by Crippen LogP contribution is -2.11. The van der Waals surface area contributed by atoms with Crippen LogP contribution in [0.1, 0.15) is 40.7 Å². The highest BCUT2D eigenvalue weighted by Gasteiger charge is 2.40. The zero-order chi connectivity index (χ0) is 20.3. The molecule has 4 aromatic heterocycles. The van der Waals surface area contributed by atoms with Crippen LogP contribution in [-0.2, 0) is 25.6 Å². The number of hydrogen-bond acceptors (Lipinski definition) is 6. The van der Waals surface area contributed by atoms with Gasteiger partial charge in [0.1, 0.15) is 12.1 Å². The Labute approximate surface area is 162 Å². The largest absolute Gasteiger partial charge is 0.435 e. The second-order valence-electron chi connectivity index (χ2n) is 7.12. The summed E-state index contributed by atoms with van der Waals surface area (Å²) in [5, 5.41) is 16.1. The highest BCUT2D eigenvalue weighted by molar-refractivity contribution is 5.71. The fourth-order valence-corrected chi connectivity index (χ4v) is 3.84. The van der Waals surface area contributed by atoms with Crippen LogP contribution in [0.5, 0.6) is 0 Å². The van der Waals surface area contributed by atoms with Gasteiger partial charge < -0.3 is 4.42 Å². The van der Waals surface area contributed by atoms with Crippen molar-refractivity contribution >= 4 is 5.65 Å². The molecule has 8 nitrogen and oxygen atoms in total. The van der Waals surface area contributed by atoms with E-state index in [1.807, 2.05) is 19.9 Å². The molecule has 0 unspecified atom stereocenters. The molecule has 0 saturated heterocycles. The second-order valence-corrected chi connectivity index (χ2v) is 7.12. The first-order valence-corrected chi connectivity index (χ1v) is 9.12. The van der Waals surface area contributed by atoms with E-state index in [2.05, 4.69) is 25.4 Å². The maximum atomic E-state index is 13.3. The molecule has 4 aromatic rings. The fourth-order valence-electron chi connectivity index (χ4n) is 3.84. The Morgan fingerprint density at radius 2 is 2.00 bits per heavy atom. The SMILES string of the molecule is Cc1cc(C)n2ncc(-c3nnc(Cn4nc(C(F)(F)F)c5c4CCC5)o3)c2n1. The van der Waals surface area contributed by atoms with Crippen molar-refractivity contribution < 1.29 is 17.6 Å². The summed E-state index contributed by atoms with van der Waals surface area (Å²) in [4.78, 5) is 4.47. The third-order valence-corrected chi connectivity index (χ3v) is 5.04. The van der Waals surface area contributed by atoms with Gasteiger partial charge in [-0.1, -0.05) is 0 Å². The molecule has 29 heavy (non-hydrogen) atoms. The van der Waals surface area contributed by atoms with E-state index in [1.54, 1.807) is 10.7 Å². The van der Waals surface area contributed by atoms with E-state index in [9.17, 15) is 13.2 Å². The smallest absolute Gasteiger partial charge is 0.418 e. The summed E-state index contributed by atoms with van der Waals surface area (Å²) in [6.45, 7) is 3.77. The molecule has 150 valence electrons. The lowest BCUT2D eigenvalue weighted by Gasteiger charge is -2.04. The van der Waals surface area contributed by atoms with Gasteiger partial charge in [0.25, 0.3) is 5.89 Å². The van der Waals surface area contributed by atoms with Crippen LogP contribution in [0.15, 0.2) is 16.7 Å². The zero-order valence-corrected chi connectivity index (χ0v) is 15.7. The Balaban J connectivity index is 1.50. The average Bonchev–Trinajstić information content (AvgIpc) is 3.38. The van der Waals surface area contributed by atoms with Gasteiger partial charge in [0, 0.05) is 22.6 Å². The average molecular weight is 403 g/mol. The molecule has 0 aromatic carbocycles. The Hall–Kier alpha value is -3.24. The first-order chi connectivity index (χ1) is 13.8. The van der Waals surface area contributed by atoms with Gasteiger partial charge in [0.15, 0.2) is 11.3 Å². The molecule has 0 radical (unpaired) electrons. The minimum Gasteiger partial charge on any atom is -0.418 e. The van der Waals surface area contributed by atoms with Crippen molar-refractivity contribution in [3.05, 3.63) is 46.5 Å². The number of rotatable bonds is 3. The van der Waals surface area contributed by atoms with Gasteiger partial charge in [-0.2, -0.15) is 23.4 Å². The van der Waals surface area contributed by atoms with E-state index in [0.29, 0.717) is 36.2 Å². The molecule has 0 atom stereocenters. The number of fused-ring (bicyclic) bond motifs is 2. The Morgan fingerprint density at radius 3 is 2.79 bits per heavy atom. The molecule has 0 fully saturated rings. The van der Waals surface area contributed by atoms with Gasteiger partial charge in [0.2, 0.25) is 5.89 Å². The van der Waals surface area contributed by atoms with E-state index in [0.717, 1.165) is 11.4 Å².